The number of carboxylic acid groups (broad SMARTS) is 1. The second kappa shape index (κ2) is 7.77. The minimum absolute atomic E-state index is 0.544. The zero-order chi connectivity index (χ0) is 18.7. The molecule has 0 aliphatic rings. The molecule has 1 heterocycles. The third-order valence-corrected chi connectivity index (χ3v) is 5.04. The van der Waals surface area contributed by atoms with Gasteiger partial charge in [0.25, 0.3) is 0 Å². The van der Waals surface area contributed by atoms with E-state index in [4.69, 9.17) is 0 Å². The van der Waals surface area contributed by atoms with Crippen molar-refractivity contribution in [2.45, 2.75) is 60.3 Å². The maximum atomic E-state index is 11.7. The molecule has 4 nitrogen and oxygen atoms in total. The van der Waals surface area contributed by atoms with Crippen molar-refractivity contribution in [2.24, 2.45) is 5.92 Å². The Morgan fingerprint density at radius 2 is 1.72 bits per heavy atom. The number of hydrogen-bond acceptors (Lipinski definition) is 3. The van der Waals surface area contributed by atoms with E-state index < -0.39 is 11.9 Å². The number of aliphatic carboxylic acids is 1. The number of aromatic nitrogens is 2. The van der Waals surface area contributed by atoms with Crippen LogP contribution in [0.5, 0.6) is 0 Å². The molecule has 134 valence electrons. The first kappa shape index (κ1) is 19.1. The van der Waals surface area contributed by atoms with Crippen molar-refractivity contribution >= 4 is 5.97 Å². The van der Waals surface area contributed by atoms with Gasteiger partial charge >= 0.3 is 5.97 Å². The summed E-state index contributed by atoms with van der Waals surface area (Å²) in [5.74, 6) is -0.792. The predicted octanol–water partition coefficient (Wildman–Crippen LogP) is 4.38. The van der Waals surface area contributed by atoms with E-state index in [0.717, 1.165) is 28.8 Å². The summed E-state index contributed by atoms with van der Waals surface area (Å²) in [7, 11) is 0. The molecule has 0 amide bonds. The first-order valence-corrected chi connectivity index (χ1v) is 8.83. The van der Waals surface area contributed by atoms with Gasteiger partial charge in [-0.15, -0.1) is 0 Å². The van der Waals surface area contributed by atoms with Crippen LogP contribution >= 0.6 is 0 Å². The minimum Gasteiger partial charge on any atom is -0.481 e. The van der Waals surface area contributed by atoms with Crippen LogP contribution in [0.1, 0.15) is 65.8 Å². The van der Waals surface area contributed by atoms with E-state index in [1.807, 2.05) is 6.92 Å². The average Bonchev–Trinajstić information content (AvgIpc) is 2.57. The van der Waals surface area contributed by atoms with Crippen molar-refractivity contribution in [1.29, 1.82) is 0 Å². The molecular formula is C21H28N2O2. The highest BCUT2D eigenvalue weighted by Gasteiger charge is 2.25. The number of hydrogen-bond donors (Lipinski definition) is 1. The second-order valence-corrected chi connectivity index (χ2v) is 7.28. The molecule has 2 rings (SSSR count). The molecule has 0 radical (unpaired) electrons. The lowest BCUT2D eigenvalue weighted by atomic mass is 9.80. The number of nitrogens with zero attached hydrogens (tertiary/aromatic N) is 2. The number of carboxylic acids is 1. The van der Waals surface area contributed by atoms with E-state index in [2.05, 4.69) is 37.7 Å². The molecule has 0 saturated carbocycles. The van der Waals surface area contributed by atoms with Crippen LogP contribution in [0.2, 0.25) is 0 Å². The van der Waals surface area contributed by atoms with Crippen LogP contribution < -0.4 is 0 Å². The highest BCUT2D eigenvalue weighted by atomic mass is 16.4. The highest BCUT2D eigenvalue weighted by molar-refractivity contribution is 5.77. The Bertz CT molecular complexity index is 767. The average molecular weight is 340 g/mol. The zero-order valence-electron chi connectivity index (χ0n) is 16.1. The van der Waals surface area contributed by atoms with Crippen LogP contribution in [0.4, 0.5) is 0 Å². The third-order valence-electron chi connectivity index (χ3n) is 5.04. The standard InChI is InChI=1S/C21H28N2O2/c1-12(2)9-18-13(3)14(4)20(16(6)21(24)25)19(15(18)5)10-17-11-22-7-8-23-17/h7-8,11-12,16H,9-10H2,1-6H3,(H,24,25). The van der Waals surface area contributed by atoms with Crippen LogP contribution in [0.25, 0.3) is 0 Å². The molecule has 1 aromatic heterocycles. The summed E-state index contributed by atoms with van der Waals surface area (Å²) < 4.78 is 0. The minimum atomic E-state index is -0.793. The maximum absolute atomic E-state index is 11.7. The lowest BCUT2D eigenvalue weighted by Crippen LogP contribution is -2.17. The van der Waals surface area contributed by atoms with E-state index >= 15 is 0 Å². The summed E-state index contributed by atoms with van der Waals surface area (Å²) in [6.07, 6.45) is 6.70. The quantitative estimate of drug-likeness (QED) is 0.847. The van der Waals surface area contributed by atoms with Gasteiger partial charge < -0.3 is 5.11 Å². The van der Waals surface area contributed by atoms with Crippen LogP contribution in [0.3, 0.4) is 0 Å². The van der Waals surface area contributed by atoms with Gasteiger partial charge in [-0.3, -0.25) is 14.8 Å². The van der Waals surface area contributed by atoms with Gasteiger partial charge in [0.1, 0.15) is 0 Å². The van der Waals surface area contributed by atoms with Gasteiger partial charge in [0.15, 0.2) is 0 Å². The van der Waals surface area contributed by atoms with Crippen molar-refractivity contribution in [1.82, 2.24) is 9.97 Å². The van der Waals surface area contributed by atoms with E-state index in [1.165, 1.54) is 16.7 Å². The number of carbonyl (C=O) groups is 1. The Labute approximate surface area is 150 Å². The van der Waals surface area contributed by atoms with Gasteiger partial charge in [0, 0.05) is 25.0 Å². The molecule has 0 saturated heterocycles. The van der Waals surface area contributed by atoms with Gasteiger partial charge in [-0.2, -0.15) is 0 Å². The van der Waals surface area contributed by atoms with E-state index in [1.54, 1.807) is 25.5 Å². The van der Waals surface area contributed by atoms with E-state index in [0.29, 0.717) is 12.3 Å². The van der Waals surface area contributed by atoms with Gasteiger partial charge in [0.2, 0.25) is 0 Å². The Morgan fingerprint density at radius 1 is 1.04 bits per heavy atom. The molecule has 1 unspecified atom stereocenters. The van der Waals surface area contributed by atoms with Crippen LogP contribution in [-0.2, 0) is 17.6 Å². The fourth-order valence-corrected chi connectivity index (χ4v) is 3.57. The van der Waals surface area contributed by atoms with Crippen molar-refractivity contribution in [3.05, 3.63) is 57.7 Å². The molecule has 4 heteroatoms. The fraction of sp³-hybridized carbons (Fsp3) is 0.476. The molecule has 0 fully saturated rings. The lowest BCUT2D eigenvalue weighted by molar-refractivity contribution is -0.138. The van der Waals surface area contributed by atoms with Crippen molar-refractivity contribution in [2.75, 3.05) is 0 Å². The Kier molecular flexibility index (Phi) is 5.93. The molecule has 25 heavy (non-hydrogen) atoms. The Hall–Kier alpha value is -2.23. The number of rotatable bonds is 6. The topological polar surface area (TPSA) is 63.1 Å². The molecule has 0 spiro atoms. The Balaban J connectivity index is 2.70. The summed E-state index contributed by atoms with van der Waals surface area (Å²) in [6.45, 7) is 12.5. The summed E-state index contributed by atoms with van der Waals surface area (Å²) in [4.78, 5) is 20.3. The van der Waals surface area contributed by atoms with Gasteiger partial charge in [-0.05, 0) is 73.4 Å². The highest BCUT2D eigenvalue weighted by Crippen LogP contribution is 2.34. The van der Waals surface area contributed by atoms with Gasteiger partial charge in [0.05, 0.1) is 11.6 Å². The molecule has 0 bridgehead atoms. The summed E-state index contributed by atoms with van der Waals surface area (Å²) in [6, 6.07) is 0. The SMILES string of the molecule is Cc1c(C)c(C(C)C(=O)O)c(Cc2cnccn2)c(C)c1CC(C)C. The van der Waals surface area contributed by atoms with Crippen LogP contribution in [-0.4, -0.2) is 21.0 Å². The molecule has 2 aromatic rings. The van der Waals surface area contributed by atoms with Crippen LogP contribution in [0.15, 0.2) is 18.6 Å². The normalized spacial score (nSPS) is 12.4. The summed E-state index contributed by atoms with van der Waals surface area (Å²) in [5.41, 5.74) is 7.74. The molecule has 0 aliphatic carbocycles. The maximum Gasteiger partial charge on any atom is 0.310 e. The first-order chi connectivity index (χ1) is 11.7. The third kappa shape index (κ3) is 4.06. The molecular weight excluding hydrogens is 312 g/mol. The largest absolute Gasteiger partial charge is 0.481 e. The molecule has 1 aromatic carbocycles. The Morgan fingerprint density at radius 3 is 2.24 bits per heavy atom. The van der Waals surface area contributed by atoms with E-state index in [9.17, 15) is 9.90 Å². The molecule has 1 atom stereocenters. The smallest absolute Gasteiger partial charge is 0.310 e. The zero-order valence-corrected chi connectivity index (χ0v) is 16.1. The summed E-state index contributed by atoms with van der Waals surface area (Å²) >= 11 is 0. The monoisotopic (exact) mass is 340 g/mol. The number of benzene rings is 1. The summed E-state index contributed by atoms with van der Waals surface area (Å²) in [5, 5.41) is 9.62. The van der Waals surface area contributed by atoms with Gasteiger partial charge in [-0.1, -0.05) is 13.8 Å². The second-order valence-electron chi connectivity index (χ2n) is 7.28. The van der Waals surface area contributed by atoms with E-state index in [-0.39, 0.29) is 0 Å². The molecule has 0 aliphatic heterocycles. The van der Waals surface area contributed by atoms with Crippen molar-refractivity contribution in [3.8, 4) is 0 Å². The predicted molar refractivity (Wildman–Crippen MR) is 100 cm³/mol. The van der Waals surface area contributed by atoms with Crippen molar-refractivity contribution in [3.63, 3.8) is 0 Å². The van der Waals surface area contributed by atoms with Crippen LogP contribution in [0, 0.1) is 26.7 Å². The molecule has 1 N–H and O–H groups in total. The van der Waals surface area contributed by atoms with Gasteiger partial charge in [-0.25, -0.2) is 0 Å². The van der Waals surface area contributed by atoms with Crippen molar-refractivity contribution < 1.29 is 9.90 Å². The fourth-order valence-electron chi connectivity index (χ4n) is 3.57. The lowest BCUT2D eigenvalue weighted by Gasteiger charge is -2.25. The first-order valence-electron chi connectivity index (χ1n) is 8.83.